The van der Waals surface area contributed by atoms with E-state index in [0.717, 1.165) is 13.1 Å². The third-order valence-corrected chi connectivity index (χ3v) is 6.39. The van der Waals surface area contributed by atoms with Crippen LogP contribution in [-0.2, 0) is 9.84 Å². The summed E-state index contributed by atoms with van der Waals surface area (Å²) in [7, 11) is -1.28. The van der Waals surface area contributed by atoms with Gasteiger partial charge in [0.1, 0.15) is 5.75 Å². The number of sulfone groups is 1. The third-order valence-electron chi connectivity index (χ3n) is 4.64. The van der Waals surface area contributed by atoms with Crippen LogP contribution in [0.15, 0.2) is 24.3 Å². The first-order chi connectivity index (χ1) is 11.0. The van der Waals surface area contributed by atoms with E-state index in [1.54, 1.807) is 19.2 Å². The summed E-state index contributed by atoms with van der Waals surface area (Å²) >= 11 is 0. The molecule has 3 rings (SSSR count). The Bertz CT molecular complexity index is 681. The molecule has 126 valence electrons. The lowest BCUT2D eigenvalue weighted by Gasteiger charge is -2.37. The minimum absolute atomic E-state index is 0.00240. The smallest absolute Gasteiger partial charge is 0.254 e. The fraction of sp³-hybridized carbons (Fsp3) is 0.562. The number of amides is 1. The molecule has 2 heterocycles. The number of ether oxygens (including phenoxy) is 1. The number of piperazine rings is 1. The Kier molecular flexibility index (Phi) is 4.59. The Morgan fingerprint density at radius 1 is 1.22 bits per heavy atom. The molecule has 2 aliphatic rings. The van der Waals surface area contributed by atoms with Crippen LogP contribution >= 0.6 is 0 Å². The SMILES string of the molecule is COc1cccc(C(=O)N2CCN([C@@H]3CCS(=O)(=O)C3)CC2)c1. The molecule has 0 radical (unpaired) electrons. The number of nitrogens with zero attached hydrogens (tertiary/aromatic N) is 2. The summed E-state index contributed by atoms with van der Waals surface area (Å²) in [5.41, 5.74) is 0.626. The molecule has 0 N–H and O–H groups in total. The van der Waals surface area contributed by atoms with Gasteiger partial charge in [-0.3, -0.25) is 9.69 Å². The number of hydrogen-bond acceptors (Lipinski definition) is 5. The zero-order chi connectivity index (χ0) is 16.4. The second kappa shape index (κ2) is 6.49. The lowest BCUT2D eigenvalue weighted by atomic mass is 10.1. The molecular weight excluding hydrogens is 316 g/mol. The van der Waals surface area contributed by atoms with E-state index in [4.69, 9.17) is 4.74 Å². The van der Waals surface area contributed by atoms with Gasteiger partial charge in [0, 0.05) is 37.8 Å². The van der Waals surface area contributed by atoms with Gasteiger partial charge in [-0.15, -0.1) is 0 Å². The monoisotopic (exact) mass is 338 g/mol. The average molecular weight is 338 g/mol. The summed E-state index contributed by atoms with van der Waals surface area (Å²) in [6.45, 7) is 2.73. The lowest BCUT2D eigenvalue weighted by molar-refractivity contribution is 0.0587. The Morgan fingerprint density at radius 3 is 2.57 bits per heavy atom. The highest BCUT2D eigenvalue weighted by Crippen LogP contribution is 2.20. The van der Waals surface area contributed by atoms with E-state index < -0.39 is 9.84 Å². The number of hydrogen-bond donors (Lipinski definition) is 0. The summed E-state index contributed by atoms with van der Waals surface area (Å²) in [6.07, 6.45) is 0.714. The van der Waals surface area contributed by atoms with Gasteiger partial charge < -0.3 is 9.64 Å². The highest BCUT2D eigenvalue weighted by molar-refractivity contribution is 7.91. The minimum Gasteiger partial charge on any atom is -0.497 e. The molecule has 0 unspecified atom stereocenters. The molecule has 2 fully saturated rings. The van der Waals surface area contributed by atoms with Gasteiger partial charge in [-0.05, 0) is 24.6 Å². The minimum atomic E-state index is -2.86. The van der Waals surface area contributed by atoms with Gasteiger partial charge in [0.2, 0.25) is 0 Å². The molecule has 23 heavy (non-hydrogen) atoms. The Hall–Kier alpha value is -1.60. The second-order valence-electron chi connectivity index (χ2n) is 6.12. The van der Waals surface area contributed by atoms with E-state index >= 15 is 0 Å². The fourth-order valence-electron chi connectivity index (χ4n) is 3.29. The average Bonchev–Trinajstić information content (AvgIpc) is 2.94. The van der Waals surface area contributed by atoms with Crippen LogP contribution in [0.25, 0.3) is 0 Å². The van der Waals surface area contributed by atoms with Crippen molar-refractivity contribution >= 4 is 15.7 Å². The van der Waals surface area contributed by atoms with Crippen LogP contribution in [0.1, 0.15) is 16.8 Å². The molecular formula is C16H22N2O4S. The van der Waals surface area contributed by atoms with Crippen LogP contribution in [0.3, 0.4) is 0 Å². The second-order valence-corrected chi connectivity index (χ2v) is 8.35. The van der Waals surface area contributed by atoms with Crippen LogP contribution in [-0.4, -0.2) is 75.0 Å². The van der Waals surface area contributed by atoms with E-state index in [0.29, 0.717) is 36.6 Å². The molecule has 0 bridgehead atoms. The number of carbonyl (C=O) groups excluding carboxylic acids is 1. The molecule has 2 saturated heterocycles. The predicted molar refractivity (Wildman–Crippen MR) is 87.5 cm³/mol. The maximum absolute atomic E-state index is 12.6. The summed E-state index contributed by atoms with van der Waals surface area (Å²) in [6, 6.07) is 7.29. The maximum atomic E-state index is 12.6. The number of carbonyl (C=O) groups is 1. The zero-order valence-corrected chi connectivity index (χ0v) is 14.1. The number of methoxy groups -OCH3 is 1. The zero-order valence-electron chi connectivity index (χ0n) is 13.3. The molecule has 0 spiro atoms. The quantitative estimate of drug-likeness (QED) is 0.809. The van der Waals surface area contributed by atoms with Gasteiger partial charge in [0.15, 0.2) is 9.84 Å². The van der Waals surface area contributed by atoms with Crippen LogP contribution < -0.4 is 4.74 Å². The van der Waals surface area contributed by atoms with Crippen molar-refractivity contribution in [2.24, 2.45) is 0 Å². The topological polar surface area (TPSA) is 66.9 Å². The van der Waals surface area contributed by atoms with Crippen LogP contribution in [0.5, 0.6) is 5.75 Å². The van der Waals surface area contributed by atoms with Crippen molar-refractivity contribution in [2.45, 2.75) is 12.5 Å². The van der Waals surface area contributed by atoms with Crippen molar-refractivity contribution in [3.8, 4) is 5.75 Å². The molecule has 7 heteroatoms. The van der Waals surface area contributed by atoms with E-state index in [2.05, 4.69) is 4.90 Å². The predicted octanol–water partition coefficient (Wildman–Crippen LogP) is 0.640. The Labute approximate surface area is 136 Å². The number of rotatable bonds is 3. The summed E-state index contributed by atoms with van der Waals surface area (Å²) in [5.74, 6) is 1.23. The fourth-order valence-corrected chi connectivity index (χ4v) is 5.05. The van der Waals surface area contributed by atoms with Gasteiger partial charge >= 0.3 is 0 Å². The molecule has 1 atom stereocenters. The van der Waals surface area contributed by atoms with Gasteiger partial charge in [0.05, 0.1) is 18.6 Å². The summed E-state index contributed by atoms with van der Waals surface area (Å²) in [4.78, 5) is 16.6. The first-order valence-corrected chi connectivity index (χ1v) is 9.68. The van der Waals surface area contributed by atoms with Crippen molar-refractivity contribution in [3.05, 3.63) is 29.8 Å². The van der Waals surface area contributed by atoms with E-state index in [9.17, 15) is 13.2 Å². The number of benzene rings is 1. The van der Waals surface area contributed by atoms with E-state index in [1.165, 1.54) is 0 Å². The van der Waals surface area contributed by atoms with Crippen molar-refractivity contribution in [1.82, 2.24) is 9.80 Å². The van der Waals surface area contributed by atoms with Crippen molar-refractivity contribution in [3.63, 3.8) is 0 Å². The van der Waals surface area contributed by atoms with E-state index in [-0.39, 0.29) is 17.7 Å². The van der Waals surface area contributed by atoms with Crippen LogP contribution in [0.2, 0.25) is 0 Å². The largest absolute Gasteiger partial charge is 0.497 e. The molecule has 0 aliphatic carbocycles. The molecule has 2 aliphatic heterocycles. The Balaban J connectivity index is 1.59. The Morgan fingerprint density at radius 2 is 1.96 bits per heavy atom. The summed E-state index contributed by atoms with van der Waals surface area (Å²) in [5, 5.41) is 0. The molecule has 0 aromatic heterocycles. The first kappa shape index (κ1) is 16.3. The van der Waals surface area contributed by atoms with Crippen LogP contribution in [0.4, 0.5) is 0 Å². The van der Waals surface area contributed by atoms with Gasteiger partial charge in [-0.25, -0.2) is 8.42 Å². The molecule has 6 nitrogen and oxygen atoms in total. The third kappa shape index (κ3) is 3.67. The van der Waals surface area contributed by atoms with Gasteiger partial charge in [-0.1, -0.05) is 6.07 Å². The van der Waals surface area contributed by atoms with Crippen molar-refractivity contribution in [2.75, 3.05) is 44.8 Å². The van der Waals surface area contributed by atoms with Crippen LogP contribution in [0, 0.1) is 0 Å². The van der Waals surface area contributed by atoms with Crippen molar-refractivity contribution < 1.29 is 17.9 Å². The first-order valence-electron chi connectivity index (χ1n) is 7.86. The molecule has 1 amide bonds. The summed E-state index contributed by atoms with van der Waals surface area (Å²) < 4.78 is 28.4. The lowest BCUT2D eigenvalue weighted by Crippen LogP contribution is -2.52. The van der Waals surface area contributed by atoms with Gasteiger partial charge in [0.25, 0.3) is 5.91 Å². The maximum Gasteiger partial charge on any atom is 0.254 e. The highest BCUT2D eigenvalue weighted by Gasteiger charge is 2.34. The van der Waals surface area contributed by atoms with E-state index in [1.807, 2.05) is 17.0 Å². The molecule has 0 saturated carbocycles. The van der Waals surface area contributed by atoms with Gasteiger partial charge in [-0.2, -0.15) is 0 Å². The van der Waals surface area contributed by atoms with Crippen molar-refractivity contribution in [1.29, 1.82) is 0 Å². The normalized spacial score (nSPS) is 24.6. The molecule has 1 aromatic rings. The standard InChI is InChI=1S/C16H22N2O4S/c1-22-15-4-2-3-13(11-15)16(19)18-8-6-17(7-9-18)14-5-10-23(20,21)12-14/h2-4,11,14H,5-10,12H2,1H3/t14-/m1/s1. The highest BCUT2D eigenvalue weighted by atomic mass is 32.2. The molecule has 1 aromatic carbocycles.